The highest BCUT2D eigenvalue weighted by atomic mass is 19.1. The molecule has 0 radical (unpaired) electrons. The number of aromatic nitrogens is 1. The molecule has 2 aliphatic heterocycles. The molecule has 2 aliphatic rings. The summed E-state index contributed by atoms with van der Waals surface area (Å²) in [6, 6.07) is 7.76. The summed E-state index contributed by atoms with van der Waals surface area (Å²) in [7, 11) is 0. The summed E-state index contributed by atoms with van der Waals surface area (Å²) < 4.78 is 19.6. The molecule has 1 atom stereocenters. The van der Waals surface area contributed by atoms with Gasteiger partial charge in [0.15, 0.2) is 0 Å². The van der Waals surface area contributed by atoms with E-state index in [2.05, 4.69) is 10.3 Å². The molecule has 6 nitrogen and oxygen atoms in total. The van der Waals surface area contributed by atoms with Gasteiger partial charge in [0.2, 0.25) is 11.8 Å². The van der Waals surface area contributed by atoms with Gasteiger partial charge in [0.25, 0.3) is 0 Å². The van der Waals surface area contributed by atoms with Crippen LogP contribution in [0.4, 0.5) is 10.1 Å². The molecule has 1 aromatic carbocycles. The molecule has 0 unspecified atom stereocenters. The molecule has 0 bridgehead atoms. The summed E-state index contributed by atoms with van der Waals surface area (Å²) >= 11 is 0. The van der Waals surface area contributed by atoms with Crippen molar-refractivity contribution in [2.24, 2.45) is 0 Å². The molecule has 0 spiro atoms. The Labute approximate surface area is 156 Å². The van der Waals surface area contributed by atoms with Crippen molar-refractivity contribution in [3.05, 3.63) is 54.1 Å². The molecule has 140 valence electrons. The predicted molar refractivity (Wildman–Crippen MR) is 96.9 cm³/mol. The van der Waals surface area contributed by atoms with Gasteiger partial charge in [-0.25, -0.2) is 4.39 Å². The Kier molecular flexibility index (Phi) is 4.75. The van der Waals surface area contributed by atoms with E-state index in [1.807, 2.05) is 12.1 Å². The van der Waals surface area contributed by atoms with Crippen LogP contribution in [0.15, 0.2) is 42.7 Å². The number of pyridine rings is 1. The number of anilines is 1. The largest absolute Gasteiger partial charge is 0.490 e. The lowest BCUT2D eigenvalue weighted by atomic mass is 9.88. The Balaban J connectivity index is 1.42. The van der Waals surface area contributed by atoms with Crippen LogP contribution in [-0.2, 0) is 9.59 Å². The lowest BCUT2D eigenvalue weighted by Gasteiger charge is -2.35. The number of hydrogen-bond donors (Lipinski definition) is 1. The molecular weight excluding hydrogens is 349 g/mol. The fraction of sp³-hybridized carbons (Fsp3) is 0.350. The zero-order valence-electron chi connectivity index (χ0n) is 14.7. The number of amides is 2. The van der Waals surface area contributed by atoms with E-state index in [1.165, 1.54) is 18.2 Å². The van der Waals surface area contributed by atoms with Crippen LogP contribution < -0.4 is 10.1 Å². The molecule has 0 aliphatic carbocycles. The van der Waals surface area contributed by atoms with Crippen molar-refractivity contribution in [3.63, 3.8) is 0 Å². The van der Waals surface area contributed by atoms with E-state index in [4.69, 9.17) is 4.74 Å². The average molecular weight is 369 g/mol. The normalized spacial score (nSPS) is 20.0. The van der Waals surface area contributed by atoms with Gasteiger partial charge in [0.05, 0.1) is 5.92 Å². The molecular formula is C20H20FN3O3. The van der Waals surface area contributed by atoms with Crippen LogP contribution in [0.2, 0.25) is 0 Å². The van der Waals surface area contributed by atoms with Crippen LogP contribution in [0.5, 0.6) is 5.75 Å². The number of halogens is 1. The number of fused-ring (bicyclic) bond motifs is 1. The van der Waals surface area contributed by atoms with Crippen LogP contribution in [0.25, 0.3) is 0 Å². The highest BCUT2D eigenvalue weighted by Gasteiger charge is 2.35. The fourth-order valence-electron chi connectivity index (χ4n) is 3.68. The quantitative estimate of drug-likeness (QED) is 0.903. The van der Waals surface area contributed by atoms with E-state index in [0.29, 0.717) is 37.2 Å². The summed E-state index contributed by atoms with van der Waals surface area (Å²) in [5, 5.41) is 2.71. The molecule has 3 heterocycles. The Hall–Kier alpha value is -2.96. The first-order chi connectivity index (χ1) is 13.1. The molecule has 1 N–H and O–H groups in total. The Morgan fingerprint density at radius 1 is 1.19 bits per heavy atom. The minimum absolute atomic E-state index is 0.0378. The monoisotopic (exact) mass is 369 g/mol. The summed E-state index contributed by atoms with van der Waals surface area (Å²) in [4.78, 5) is 30.7. The molecule has 4 rings (SSSR count). The van der Waals surface area contributed by atoms with Gasteiger partial charge in [-0.3, -0.25) is 14.6 Å². The topological polar surface area (TPSA) is 71.5 Å². The minimum atomic E-state index is -0.637. The molecule has 2 amide bonds. The first-order valence-electron chi connectivity index (χ1n) is 9.05. The van der Waals surface area contributed by atoms with Crippen LogP contribution in [0.3, 0.4) is 0 Å². The number of benzene rings is 1. The molecule has 27 heavy (non-hydrogen) atoms. The number of likely N-dealkylation sites (tertiary alicyclic amines) is 1. The second-order valence-corrected chi connectivity index (χ2v) is 6.86. The fourth-order valence-corrected chi connectivity index (χ4v) is 3.68. The third-order valence-corrected chi connectivity index (χ3v) is 5.06. The first kappa shape index (κ1) is 17.5. The molecule has 1 saturated heterocycles. The van der Waals surface area contributed by atoms with Crippen molar-refractivity contribution in [2.45, 2.75) is 31.3 Å². The van der Waals surface area contributed by atoms with E-state index in [-0.39, 0.29) is 24.3 Å². The highest BCUT2D eigenvalue weighted by Crippen LogP contribution is 2.34. The van der Waals surface area contributed by atoms with E-state index in [9.17, 15) is 14.0 Å². The van der Waals surface area contributed by atoms with E-state index in [0.717, 1.165) is 5.75 Å². The zero-order chi connectivity index (χ0) is 18.8. The maximum absolute atomic E-state index is 13.7. The Morgan fingerprint density at radius 3 is 2.67 bits per heavy atom. The number of carbonyl (C=O) groups is 2. The van der Waals surface area contributed by atoms with Crippen LogP contribution in [0.1, 0.15) is 30.7 Å². The van der Waals surface area contributed by atoms with Crippen molar-refractivity contribution < 1.29 is 18.7 Å². The number of ether oxygens (including phenoxy) is 1. The van der Waals surface area contributed by atoms with Gasteiger partial charge in [-0.2, -0.15) is 0 Å². The number of piperidine rings is 1. The maximum atomic E-state index is 13.7. The molecule has 7 heteroatoms. The van der Waals surface area contributed by atoms with Gasteiger partial charge < -0.3 is 15.0 Å². The highest BCUT2D eigenvalue weighted by molar-refractivity contribution is 6.01. The lowest BCUT2D eigenvalue weighted by molar-refractivity contribution is -0.136. The van der Waals surface area contributed by atoms with Gasteiger partial charge in [-0.05, 0) is 35.9 Å². The number of carbonyl (C=O) groups excluding carboxylic acids is 2. The maximum Gasteiger partial charge on any atom is 0.230 e. The second kappa shape index (κ2) is 7.34. The van der Waals surface area contributed by atoms with Crippen LogP contribution in [0, 0.1) is 5.82 Å². The van der Waals surface area contributed by atoms with Crippen LogP contribution in [-0.4, -0.2) is 40.9 Å². The van der Waals surface area contributed by atoms with E-state index in [1.54, 1.807) is 17.3 Å². The van der Waals surface area contributed by atoms with Crippen molar-refractivity contribution in [1.29, 1.82) is 0 Å². The predicted octanol–water partition coefficient (Wildman–Crippen LogP) is 2.72. The molecule has 1 fully saturated rings. The molecule has 1 aromatic heterocycles. The minimum Gasteiger partial charge on any atom is -0.490 e. The first-order valence-corrected chi connectivity index (χ1v) is 9.05. The van der Waals surface area contributed by atoms with Crippen molar-refractivity contribution in [1.82, 2.24) is 9.88 Å². The van der Waals surface area contributed by atoms with Gasteiger partial charge in [-0.15, -0.1) is 0 Å². The zero-order valence-corrected chi connectivity index (χ0v) is 14.7. The van der Waals surface area contributed by atoms with Gasteiger partial charge in [0, 0.05) is 50.4 Å². The van der Waals surface area contributed by atoms with Crippen molar-refractivity contribution in [3.8, 4) is 5.75 Å². The van der Waals surface area contributed by atoms with Gasteiger partial charge >= 0.3 is 0 Å². The van der Waals surface area contributed by atoms with Crippen molar-refractivity contribution in [2.75, 3.05) is 18.4 Å². The number of hydrogen-bond acceptors (Lipinski definition) is 4. The van der Waals surface area contributed by atoms with Crippen LogP contribution >= 0.6 is 0 Å². The summed E-state index contributed by atoms with van der Waals surface area (Å²) in [6.45, 7) is 1.11. The van der Waals surface area contributed by atoms with Gasteiger partial charge in [0.1, 0.15) is 17.7 Å². The average Bonchev–Trinajstić information content (AvgIpc) is 2.68. The molecule has 2 aromatic rings. The lowest BCUT2D eigenvalue weighted by Crippen LogP contribution is -2.45. The molecule has 0 saturated carbocycles. The third-order valence-electron chi connectivity index (χ3n) is 5.06. The second-order valence-electron chi connectivity index (χ2n) is 6.86. The Morgan fingerprint density at radius 2 is 1.93 bits per heavy atom. The van der Waals surface area contributed by atoms with Gasteiger partial charge in [-0.1, -0.05) is 0 Å². The third kappa shape index (κ3) is 3.77. The van der Waals surface area contributed by atoms with E-state index < -0.39 is 11.7 Å². The standard InChI is InChI=1S/C20H20FN3O3/c21-13-1-2-18-16(11-13)17(12-19(25)23-18)20(26)24-9-5-15(6-10-24)27-14-3-7-22-8-4-14/h1-4,7-8,11,15,17H,5-6,9-10,12H2,(H,23,25)/t17-/m1/s1. The van der Waals surface area contributed by atoms with E-state index >= 15 is 0 Å². The van der Waals surface area contributed by atoms with Crippen molar-refractivity contribution >= 4 is 17.5 Å². The number of nitrogens with one attached hydrogen (secondary N) is 1. The number of nitrogens with zero attached hydrogens (tertiary/aromatic N) is 2. The SMILES string of the molecule is O=C1C[C@@H](C(=O)N2CCC(Oc3ccncc3)CC2)c2cc(F)ccc2N1. The summed E-state index contributed by atoms with van der Waals surface area (Å²) in [5.74, 6) is -0.625. The smallest absolute Gasteiger partial charge is 0.230 e. The summed E-state index contributed by atoms with van der Waals surface area (Å²) in [6.07, 6.45) is 4.86. The Bertz CT molecular complexity index is 851. The summed E-state index contributed by atoms with van der Waals surface area (Å²) in [5.41, 5.74) is 1.07. The number of rotatable bonds is 3.